The second-order valence-electron chi connectivity index (χ2n) is 5.66. The third-order valence-electron chi connectivity index (χ3n) is 3.68. The standard InChI is InChI=1S/C19H21ClN2O2S/c1-13-5-7-14(8-6-13)4-3-11-21-19(25)22-17-12-15(18(23)24-2)9-10-16(17)20/h5-10,12H,3-4,11H2,1-2H3,(H2,21,22,25). The van der Waals surface area contributed by atoms with Crippen LogP contribution in [0.1, 0.15) is 27.9 Å². The Kier molecular flexibility index (Phi) is 7.22. The Morgan fingerprint density at radius 3 is 2.60 bits per heavy atom. The summed E-state index contributed by atoms with van der Waals surface area (Å²) in [5, 5.41) is 7.11. The number of halogens is 1. The molecule has 0 spiro atoms. The van der Waals surface area contributed by atoms with Gasteiger partial charge in [0.2, 0.25) is 0 Å². The monoisotopic (exact) mass is 376 g/mol. The molecule has 25 heavy (non-hydrogen) atoms. The summed E-state index contributed by atoms with van der Waals surface area (Å²) in [4.78, 5) is 11.6. The van der Waals surface area contributed by atoms with Crippen LogP contribution in [0.4, 0.5) is 5.69 Å². The number of carbonyl (C=O) groups is 1. The molecule has 132 valence electrons. The number of benzene rings is 2. The van der Waals surface area contributed by atoms with Crippen molar-refractivity contribution in [1.29, 1.82) is 0 Å². The van der Waals surface area contributed by atoms with Crippen LogP contribution in [0.25, 0.3) is 0 Å². The molecule has 0 saturated heterocycles. The first-order valence-electron chi connectivity index (χ1n) is 7.98. The fraction of sp³-hybridized carbons (Fsp3) is 0.263. The largest absolute Gasteiger partial charge is 0.465 e. The quantitative estimate of drug-likeness (QED) is 0.446. The maximum atomic E-state index is 11.6. The van der Waals surface area contributed by atoms with Crippen molar-refractivity contribution >= 4 is 40.6 Å². The maximum absolute atomic E-state index is 11.6. The van der Waals surface area contributed by atoms with E-state index in [0.717, 1.165) is 19.4 Å². The van der Waals surface area contributed by atoms with Gasteiger partial charge in [-0.05, 0) is 55.7 Å². The highest BCUT2D eigenvalue weighted by Crippen LogP contribution is 2.23. The normalized spacial score (nSPS) is 10.2. The van der Waals surface area contributed by atoms with E-state index in [9.17, 15) is 4.79 Å². The number of rotatable bonds is 6. The van der Waals surface area contributed by atoms with Crippen molar-refractivity contribution in [3.63, 3.8) is 0 Å². The van der Waals surface area contributed by atoms with E-state index in [0.29, 0.717) is 21.4 Å². The van der Waals surface area contributed by atoms with E-state index in [4.69, 9.17) is 28.6 Å². The molecule has 0 fully saturated rings. The number of anilines is 1. The fourth-order valence-electron chi connectivity index (χ4n) is 2.28. The lowest BCUT2D eigenvalue weighted by Gasteiger charge is -2.12. The smallest absolute Gasteiger partial charge is 0.337 e. The first-order chi connectivity index (χ1) is 12.0. The minimum atomic E-state index is -0.420. The zero-order valence-electron chi connectivity index (χ0n) is 14.3. The number of methoxy groups -OCH3 is 1. The van der Waals surface area contributed by atoms with Gasteiger partial charge in [0.25, 0.3) is 0 Å². The zero-order valence-corrected chi connectivity index (χ0v) is 15.8. The molecule has 4 nitrogen and oxygen atoms in total. The van der Waals surface area contributed by atoms with E-state index in [-0.39, 0.29) is 0 Å². The molecule has 0 aliphatic carbocycles. The zero-order chi connectivity index (χ0) is 18.2. The van der Waals surface area contributed by atoms with Crippen LogP contribution >= 0.6 is 23.8 Å². The van der Waals surface area contributed by atoms with Crippen LogP contribution in [0, 0.1) is 6.92 Å². The third-order valence-corrected chi connectivity index (χ3v) is 4.26. The van der Waals surface area contributed by atoms with Gasteiger partial charge in [0.15, 0.2) is 5.11 Å². The third kappa shape index (κ3) is 6.03. The van der Waals surface area contributed by atoms with Crippen LogP contribution in [-0.2, 0) is 11.2 Å². The number of esters is 1. The van der Waals surface area contributed by atoms with Crippen LogP contribution in [0.15, 0.2) is 42.5 Å². The van der Waals surface area contributed by atoms with Crippen molar-refractivity contribution in [2.45, 2.75) is 19.8 Å². The topological polar surface area (TPSA) is 50.4 Å². The molecule has 0 heterocycles. The second kappa shape index (κ2) is 9.39. The van der Waals surface area contributed by atoms with Gasteiger partial charge in [-0.15, -0.1) is 0 Å². The number of ether oxygens (including phenoxy) is 1. The maximum Gasteiger partial charge on any atom is 0.337 e. The molecule has 2 aromatic carbocycles. The molecule has 0 aromatic heterocycles. The molecule has 6 heteroatoms. The lowest BCUT2D eigenvalue weighted by atomic mass is 10.1. The van der Waals surface area contributed by atoms with Crippen molar-refractivity contribution < 1.29 is 9.53 Å². The van der Waals surface area contributed by atoms with Gasteiger partial charge >= 0.3 is 5.97 Å². The van der Waals surface area contributed by atoms with Gasteiger partial charge in [-0.2, -0.15) is 0 Å². The molecule has 2 N–H and O–H groups in total. The van der Waals surface area contributed by atoms with Crippen LogP contribution in [0.2, 0.25) is 5.02 Å². The molecule has 0 aliphatic heterocycles. The summed E-state index contributed by atoms with van der Waals surface area (Å²) in [7, 11) is 1.34. The fourth-order valence-corrected chi connectivity index (χ4v) is 2.66. The molecule has 0 unspecified atom stereocenters. The molecule has 0 aliphatic rings. The van der Waals surface area contributed by atoms with Crippen LogP contribution in [0.3, 0.4) is 0 Å². The Bertz CT molecular complexity index is 748. The molecule has 0 atom stereocenters. The first kappa shape index (κ1) is 19.2. The molecular formula is C19H21ClN2O2S. The van der Waals surface area contributed by atoms with Crippen molar-refractivity contribution in [3.05, 3.63) is 64.2 Å². The van der Waals surface area contributed by atoms with Gasteiger partial charge in [0.1, 0.15) is 0 Å². The number of hydrogen-bond donors (Lipinski definition) is 2. The summed E-state index contributed by atoms with van der Waals surface area (Å²) >= 11 is 11.4. The summed E-state index contributed by atoms with van der Waals surface area (Å²) in [6, 6.07) is 13.4. The summed E-state index contributed by atoms with van der Waals surface area (Å²) in [5.74, 6) is -0.420. The summed E-state index contributed by atoms with van der Waals surface area (Å²) < 4.78 is 4.71. The van der Waals surface area contributed by atoms with Gasteiger partial charge < -0.3 is 15.4 Å². The predicted octanol–water partition coefficient (Wildman–Crippen LogP) is 4.35. The Labute approximate surface area is 158 Å². The van der Waals surface area contributed by atoms with Crippen molar-refractivity contribution in [3.8, 4) is 0 Å². The molecule has 0 bridgehead atoms. The average molecular weight is 377 g/mol. The Morgan fingerprint density at radius 1 is 1.20 bits per heavy atom. The van der Waals surface area contributed by atoms with Crippen LogP contribution in [-0.4, -0.2) is 24.7 Å². The molecule has 0 saturated carbocycles. The van der Waals surface area contributed by atoms with Gasteiger partial charge in [-0.25, -0.2) is 4.79 Å². The second-order valence-corrected chi connectivity index (χ2v) is 6.47. The van der Waals surface area contributed by atoms with Gasteiger partial charge in [0.05, 0.1) is 23.4 Å². The number of hydrogen-bond acceptors (Lipinski definition) is 3. The summed E-state index contributed by atoms with van der Waals surface area (Å²) in [6.07, 6.45) is 1.94. The van der Waals surface area contributed by atoms with E-state index >= 15 is 0 Å². The minimum absolute atomic E-state index is 0.413. The Balaban J connectivity index is 1.81. The van der Waals surface area contributed by atoms with E-state index in [1.165, 1.54) is 18.2 Å². The highest BCUT2D eigenvalue weighted by Gasteiger charge is 2.09. The first-order valence-corrected chi connectivity index (χ1v) is 8.76. The van der Waals surface area contributed by atoms with E-state index in [1.807, 2.05) is 0 Å². The minimum Gasteiger partial charge on any atom is -0.465 e. The molecule has 2 aromatic rings. The molecular weight excluding hydrogens is 356 g/mol. The molecule has 0 radical (unpaired) electrons. The van der Waals surface area contributed by atoms with E-state index in [2.05, 4.69) is 41.8 Å². The van der Waals surface area contributed by atoms with E-state index < -0.39 is 5.97 Å². The van der Waals surface area contributed by atoms with Crippen LogP contribution in [0.5, 0.6) is 0 Å². The highest BCUT2D eigenvalue weighted by molar-refractivity contribution is 7.80. The Morgan fingerprint density at radius 2 is 1.92 bits per heavy atom. The molecule has 0 amide bonds. The van der Waals surface area contributed by atoms with Crippen molar-refractivity contribution in [2.75, 3.05) is 19.0 Å². The van der Waals surface area contributed by atoms with Crippen LogP contribution < -0.4 is 10.6 Å². The number of aryl methyl sites for hydroxylation is 2. The molecule has 2 rings (SSSR count). The average Bonchev–Trinajstić information content (AvgIpc) is 2.61. The predicted molar refractivity (Wildman–Crippen MR) is 107 cm³/mol. The van der Waals surface area contributed by atoms with E-state index in [1.54, 1.807) is 18.2 Å². The van der Waals surface area contributed by atoms with Gasteiger partial charge in [0, 0.05) is 6.54 Å². The number of thiocarbonyl (C=S) groups is 1. The van der Waals surface area contributed by atoms with Crippen molar-refractivity contribution in [1.82, 2.24) is 5.32 Å². The lowest BCUT2D eigenvalue weighted by Crippen LogP contribution is -2.29. The SMILES string of the molecule is COC(=O)c1ccc(Cl)c(NC(=S)NCCCc2ccc(C)cc2)c1. The van der Waals surface area contributed by atoms with Gasteiger partial charge in [-0.3, -0.25) is 0 Å². The summed E-state index contributed by atoms with van der Waals surface area (Å²) in [6.45, 7) is 2.82. The summed E-state index contributed by atoms with van der Waals surface area (Å²) in [5.41, 5.74) is 3.55. The van der Waals surface area contributed by atoms with Gasteiger partial charge in [-0.1, -0.05) is 41.4 Å². The number of nitrogens with one attached hydrogen (secondary N) is 2. The lowest BCUT2D eigenvalue weighted by molar-refractivity contribution is 0.0601. The number of carbonyl (C=O) groups excluding carboxylic acids is 1. The highest BCUT2D eigenvalue weighted by atomic mass is 35.5. The van der Waals surface area contributed by atoms with Crippen molar-refractivity contribution in [2.24, 2.45) is 0 Å². The Hall–Kier alpha value is -2.11.